The van der Waals surface area contributed by atoms with Crippen molar-refractivity contribution in [3.63, 3.8) is 0 Å². The Morgan fingerprint density at radius 1 is 1.25 bits per heavy atom. The van der Waals surface area contributed by atoms with E-state index >= 15 is 0 Å². The number of hydrogen-bond acceptors (Lipinski definition) is 3. The Morgan fingerprint density at radius 3 is 2.71 bits per heavy atom. The molecule has 24 heavy (non-hydrogen) atoms. The molecule has 124 valence electrons. The molecule has 1 fully saturated rings. The highest BCUT2D eigenvalue weighted by Gasteiger charge is 2.43. The number of aromatic nitrogens is 3. The van der Waals surface area contributed by atoms with Crippen molar-refractivity contribution in [3.05, 3.63) is 58.4 Å². The zero-order valence-electron chi connectivity index (χ0n) is 14.0. The fraction of sp³-hybridized carbons (Fsp3) is 0.368. The molecule has 0 atom stereocenters. The predicted molar refractivity (Wildman–Crippen MR) is 97.3 cm³/mol. The smallest absolute Gasteiger partial charge is 0.159 e. The zero-order valence-corrected chi connectivity index (χ0v) is 14.8. The maximum atomic E-state index is 6.37. The molecule has 0 amide bonds. The standard InChI is InChI=1S/C19H21ClN4/c1-13-16-10-14(17(20)22-18(16)24(2)23-13)11-21-12-19(8-9-19)15-6-4-3-5-7-15/h3-7,10,21H,8-9,11-12H2,1-2H3. The third kappa shape index (κ3) is 2.70. The summed E-state index contributed by atoms with van der Waals surface area (Å²) in [4.78, 5) is 4.51. The molecule has 5 heteroatoms. The van der Waals surface area contributed by atoms with Crippen molar-refractivity contribution in [1.29, 1.82) is 0 Å². The van der Waals surface area contributed by atoms with Gasteiger partial charge in [0.05, 0.1) is 5.69 Å². The van der Waals surface area contributed by atoms with E-state index in [1.54, 1.807) is 4.68 Å². The Bertz CT molecular complexity index is 881. The zero-order chi connectivity index (χ0) is 16.7. The van der Waals surface area contributed by atoms with E-state index in [0.29, 0.717) is 10.6 Å². The first-order valence-electron chi connectivity index (χ1n) is 8.34. The van der Waals surface area contributed by atoms with Gasteiger partial charge in [0.2, 0.25) is 0 Å². The van der Waals surface area contributed by atoms with E-state index in [1.807, 2.05) is 14.0 Å². The summed E-state index contributed by atoms with van der Waals surface area (Å²) in [6.45, 7) is 3.70. The number of benzene rings is 1. The average Bonchev–Trinajstić information content (AvgIpc) is 3.32. The van der Waals surface area contributed by atoms with Gasteiger partial charge in [-0.25, -0.2) is 4.98 Å². The molecule has 0 aliphatic heterocycles. The van der Waals surface area contributed by atoms with Gasteiger partial charge >= 0.3 is 0 Å². The highest BCUT2D eigenvalue weighted by atomic mass is 35.5. The van der Waals surface area contributed by atoms with Crippen molar-refractivity contribution >= 4 is 22.6 Å². The monoisotopic (exact) mass is 340 g/mol. The SMILES string of the molecule is Cc1nn(C)c2nc(Cl)c(CNCC3(c4ccccc4)CC3)cc12. The second-order valence-electron chi connectivity index (χ2n) is 6.77. The molecule has 0 bridgehead atoms. The summed E-state index contributed by atoms with van der Waals surface area (Å²) in [5.41, 5.74) is 4.59. The molecule has 1 aromatic carbocycles. The third-order valence-electron chi connectivity index (χ3n) is 5.04. The van der Waals surface area contributed by atoms with Crippen LogP contribution in [0.25, 0.3) is 11.0 Å². The Hall–Kier alpha value is -1.91. The second kappa shape index (κ2) is 5.87. The van der Waals surface area contributed by atoms with Crippen molar-refractivity contribution in [1.82, 2.24) is 20.1 Å². The first-order chi connectivity index (χ1) is 11.6. The minimum Gasteiger partial charge on any atom is -0.312 e. The summed E-state index contributed by atoms with van der Waals surface area (Å²) in [6.07, 6.45) is 2.49. The average molecular weight is 341 g/mol. The van der Waals surface area contributed by atoms with E-state index in [0.717, 1.165) is 35.4 Å². The van der Waals surface area contributed by atoms with Crippen LogP contribution in [0.2, 0.25) is 5.15 Å². The highest BCUT2D eigenvalue weighted by molar-refractivity contribution is 6.30. The van der Waals surface area contributed by atoms with Gasteiger partial charge in [-0.3, -0.25) is 4.68 Å². The van der Waals surface area contributed by atoms with Crippen molar-refractivity contribution in [2.75, 3.05) is 6.54 Å². The quantitative estimate of drug-likeness (QED) is 0.719. The molecule has 0 unspecified atom stereocenters. The second-order valence-corrected chi connectivity index (χ2v) is 7.13. The number of nitrogens with zero attached hydrogens (tertiary/aromatic N) is 3. The molecule has 0 radical (unpaired) electrons. The molecule has 1 saturated carbocycles. The van der Waals surface area contributed by atoms with Gasteiger partial charge in [0.1, 0.15) is 5.15 Å². The third-order valence-corrected chi connectivity index (χ3v) is 5.37. The molecule has 4 rings (SSSR count). The lowest BCUT2D eigenvalue weighted by atomic mass is 9.96. The van der Waals surface area contributed by atoms with Gasteiger partial charge in [0.15, 0.2) is 5.65 Å². The van der Waals surface area contributed by atoms with Crippen molar-refractivity contribution in [2.24, 2.45) is 7.05 Å². The van der Waals surface area contributed by atoms with Crippen LogP contribution in [0, 0.1) is 6.92 Å². The summed E-state index contributed by atoms with van der Waals surface area (Å²) >= 11 is 6.37. The fourth-order valence-electron chi connectivity index (χ4n) is 3.43. The van der Waals surface area contributed by atoms with E-state index in [9.17, 15) is 0 Å². The lowest BCUT2D eigenvalue weighted by Gasteiger charge is -2.17. The van der Waals surface area contributed by atoms with Crippen LogP contribution in [0.5, 0.6) is 0 Å². The van der Waals surface area contributed by atoms with Gasteiger partial charge in [-0.05, 0) is 31.4 Å². The molecular formula is C19H21ClN4. The number of nitrogens with one attached hydrogen (secondary N) is 1. The first kappa shape index (κ1) is 15.6. The number of halogens is 1. The number of hydrogen-bond donors (Lipinski definition) is 1. The Kier molecular flexibility index (Phi) is 3.82. The van der Waals surface area contributed by atoms with Crippen molar-refractivity contribution in [2.45, 2.75) is 31.7 Å². The highest BCUT2D eigenvalue weighted by Crippen LogP contribution is 2.47. The first-order valence-corrected chi connectivity index (χ1v) is 8.72. The largest absolute Gasteiger partial charge is 0.312 e. The van der Waals surface area contributed by atoms with Crippen LogP contribution in [0.1, 0.15) is 29.7 Å². The number of aryl methyl sites for hydroxylation is 2. The van der Waals surface area contributed by atoms with Crippen LogP contribution in [0.3, 0.4) is 0 Å². The van der Waals surface area contributed by atoms with Gasteiger partial charge in [-0.15, -0.1) is 0 Å². The van der Waals surface area contributed by atoms with Crippen LogP contribution in [0.4, 0.5) is 0 Å². The van der Waals surface area contributed by atoms with Crippen LogP contribution in [0.15, 0.2) is 36.4 Å². The van der Waals surface area contributed by atoms with Crippen molar-refractivity contribution in [3.8, 4) is 0 Å². The molecule has 1 aliphatic rings. The topological polar surface area (TPSA) is 42.7 Å². The molecular weight excluding hydrogens is 320 g/mol. The van der Waals surface area contributed by atoms with Crippen LogP contribution >= 0.6 is 11.6 Å². The molecule has 3 aromatic rings. The van der Waals surface area contributed by atoms with Crippen LogP contribution in [-0.4, -0.2) is 21.3 Å². The number of fused-ring (bicyclic) bond motifs is 1. The van der Waals surface area contributed by atoms with Gasteiger partial charge in [0, 0.05) is 36.5 Å². The lowest BCUT2D eigenvalue weighted by Crippen LogP contribution is -2.26. The van der Waals surface area contributed by atoms with E-state index in [4.69, 9.17) is 11.6 Å². The van der Waals surface area contributed by atoms with Gasteiger partial charge in [-0.2, -0.15) is 5.10 Å². The van der Waals surface area contributed by atoms with Gasteiger partial charge in [0.25, 0.3) is 0 Å². The van der Waals surface area contributed by atoms with Crippen LogP contribution < -0.4 is 5.32 Å². The summed E-state index contributed by atoms with van der Waals surface area (Å²) in [7, 11) is 1.90. The molecule has 1 N–H and O–H groups in total. The maximum Gasteiger partial charge on any atom is 0.159 e. The predicted octanol–water partition coefficient (Wildman–Crippen LogP) is 3.75. The Labute approximate surface area is 146 Å². The fourth-order valence-corrected chi connectivity index (χ4v) is 3.63. The Balaban J connectivity index is 1.49. The van der Waals surface area contributed by atoms with E-state index in [1.165, 1.54) is 18.4 Å². The summed E-state index contributed by atoms with van der Waals surface area (Å²) < 4.78 is 1.78. The van der Waals surface area contributed by atoms with Crippen LogP contribution in [-0.2, 0) is 19.0 Å². The number of rotatable bonds is 5. The van der Waals surface area contributed by atoms with E-state index < -0.39 is 0 Å². The summed E-state index contributed by atoms with van der Waals surface area (Å²) in [5, 5.41) is 9.63. The maximum absolute atomic E-state index is 6.37. The minimum absolute atomic E-state index is 0.301. The minimum atomic E-state index is 0.301. The lowest BCUT2D eigenvalue weighted by molar-refractivity contribution is 0.574. The van der Waals surface area contributed by atoms with Gasteiger partial charge in [-0.1, -0.05) is 41.9 Å². The Morgan fingerprint density at radius 2 is 2.00 bits per heavy atom. The van der Waals surface area contributed by atoms with Gasteiger partial charge < -0.3 is 5.32 Å². The molecule has 2 aromatic heterocycles. The van der Waals surface area contributed by atoms with E-state index in [2.05, 4.69) is 51.8 Å². The number of pyridine rings is 1. The summed E-state index contributed by atoms with van der Waals surface area (Å²) in [6, 6.07) is 12.9. The normalized spacial score (nSPS) is 15.8. The summed E-state index contributed by atoms with van der Waals surface area (Å²) in [5.74, 6) is 0. The molecule has 2 heterocycles. The van der Waals surface area contributed by atoms with Crippen molar-refractivity contribution < 1.29 is 0 Å². The molecule has 0 saturated heterocycles. The van der Waals surface area contributed by atoms with E-state index in [-0.39, 0.29) is 0 Å². The molecule has 4 nitrogen and oxygen atoms in total. The molecule has 0 spiro atoms. The molecule has 1 aliphatic carbocycles.